The maximum absolute atomic E-state index is 12.0. The lowest BCUT2D eigenvalue weighted by atomic mass is 9.60. The number of carbonyl (C=O) groups is 3. The SMILES string of the molecule is CNC1CC2(C1)CN(C(=O)CC(C)(C)C(=O)O)C2.Cc1cc(N2CCC(C)C2)cn2nc(C=O)nc12.c1ccccc1. The standard InChI is InChI=1S/C13H16N4O.C13H22N2O3.C6H6/c1-9-3-4-16(6-9)11-5-10(2)13-14-12(8-18)15-17(13)7-11;1-12(2,11(17)18)6-10(16)15-7-13(8-15)4-9(5-13)14-3;1-2-4-6-5-3-1/h5,7-9H,3-4,6H2,1-2H3;9,14H,4-8H2,1-3H3,(H,17,18);1-6H. The molecule has 3 fully saturated rings. The van der Waals surface area contributed by atoms with E-state index in [4.69, 9.17) is 5.11 Å². The number of aliphatic carboxylic acids is 1. The number of carboxylic acids is 1. The van der Waals surface area contributed by atoms with Crippen LogP contribution < -0.4 is 10.2 Å². The molecule has 1 amide bonds. The van der Waals surface area contributed by atoms with Crippen LogP contribution in [-0.4, -0.2) is 82.0 Å². The normalized spacial score (nSPS) is 19.2. The van der Waals surface area contributed by atoms with Crippen molar-refractivity contribution < 1.29 is 19.5 Å². The van der Waals surface area contributed by atoms with E-state index in [0.29, 0.717) is 17.7 Å². The van der Waals surface area contributed by atoms with Crippen molar-refractivity contribution in [2.24, 2.45) is 16.7 Å². The first-order valence-corrected chi connectivity index (χ1v) is 14.7. The number of likely N-dealkylation sites (tertiary alicyclic amines) is 1. The van der Waals surface area contributed by atoms with E-state index in [1.54, 1.807) is 23.3 Å². The Bertz CT molecular complexity index is 1350. The van der Waals surface area contributed by atoms with Gasteiger partial charge in [-0.15, -0.1) is 5.10 Å². The Morgan fingerprint density at radius 1 is 1.14 bits per heavy atom. The maximum Gasteiger partial charge on any atom is 0.309 e. The minimum atomic E-state index is -0.965. The lowest BCUT2D eigenvalue weighted by Crippen LogP contribution is -2.67. The van der Waals surface area contributed by atoms with Crippen molar-refractivity contribution in [1.82, 2.24) is 24.8 Å². The summed E-state index contributed by atoms with van der Waals surface area (Å²) in [7, 11) is 1.97. The number of hydrogen-bond donors (Lipinski definition) is 2. The minimum absolute atomic E-state index is 0.0269. The molecule has 1 aromatic carbocycles. The fourth-order valence-corrected chi connectivity index (χ4v) is 5.88. The molecule has 3 aromatic rings. The number of anilines is 1. The third kappa shape index (κ3) is 7.34. The van der Waals surface area contributed by atoms with Crippen molar-refractivity contribution in [2.75, 3.05) is 38.1 Å². The smallest absolute Gasteiger partial charge is 0.309 e. The summed E-state index contributed by atoms with van der Waals surface area (Å²) in [5, 5.41) is 16.4. The number of rotatable bonds is 6. The average Bonchev–Trinajstić information content (AvgIpc) is 3.55. The van der Waals surface area contributed by atoms with Gasteiger partial charge in [0.2, 0.25) is 11.7 Å². The second-order valence-corrected chi connectivity index (χ2v) is 12.7. The lowest BCUT2D eigenvalue weighted by molar-refractivity contribution is -0.160. The summed E-state index contributed by atoms with van der Waals surface area (Å²) < 4.78 is 1.71. The zero-order valence-corrected chi connectivity index (χ0v) is 25.4. The van der Waals surface area contributed by atoms with Crippen molar-refractivity contribution in [3.63, 3.8) is 0 Å². The molecule has 10 nitrogen and oxygen atoms in total. The molecule has 1 spiro atoms. The van der Waals surface area contributed by atoms with Crippen LogP contribution >= 0.6 is 0 Å². The molecular weight excluding hydrogens is 532 g/mol. The molecule has 2 aliphatic heterocycles. The molecule has 4 heterocycles. The molecule has 2 N–H and O–H groups in total. The lowest BCUT2D eigenvalue weighted by Gasteiger charge is -2.59. The highest BCUT2D eigenvalue weighted by atomic mass is 16.4. The Morgan fingerprint density at radius 2 is 1.76 bits per heavy atom. The summed E-state index contributed by atoms with van der Waals surface area (Å²) in [5.74, 6) is 0.0400. The molecule has 6 rings (SSSR count). The van der Waals surface area contributed by atoms with Crippen LogP contribution in [0.3, 0.4) is 0 Å². The minimum Gasteiger partial charge on any atom is -0.481 e. The molecule has 1 atom stereocenters. The third-order valence-corrected chi connectivity index (χ3v) is 8.52. The van der Waals surface area contributed by atoms with Crippen LogP contribution in [-0.2, 0) is 9.59 Å². The number of aromatic nitrogens is 3. The van der Waals surface area contributed by atoms with Crippen LogP contribution in [0.4, 0.5) is 5.69 Å². The van der Waals surface area contributed by atoms with E-state index in [0.717, 1.165) is 61.8 Å². The summed E-state index contributed by atoms with van der Waals surface area (Å²) in [4.78, 5) is 42.0. The van der Waals surface area contributed by atoms with Gasteiger partial charge in [0.05, 0.1) is 17.3 Å². The highest BCUT2D eigenvalue weighted by Gasteiger charge is 2.53. The summed E-state index contributed by atoms with van der Waals surface area (Å²) in [5.41, 5.74) is 2.33. The highest BCUT2D eigenvalue weighted by molar-refractivity contribution is 5.85. The molecule has 2 aromatic heterocycles. The predicted octanol–water partition coefficient (Wildman–Crippen LogP) is 4.08. The van der Waals surface area contributed by atoms with E-state index in [1.807, 2.05) is 56.6 Å². The van der Waals surface area contributed by atoms with E-state index < -0.39 is 11.4 Å². The third-order valence-electron chi connectivity index (χ3n) is 8.52. The van der Waals surface area contributed by atoms with E-state index in [9.17, 15) is 14.4 Å². The van der Waals surface area contributed by atoms with Crippen molar-refractivity contribution in [3.05, 3.63) is 60.0 Å². The fourth-order valence-electron chi connectivity index (χ4n) is 5.88. The summed E-state index contributed by atoms with van der Waals surface area (Å²) >= 11 is 0. The maximum atomic E-state index is 12.0. The van der Waals surface area contributed by atoms with Gasteiger partial charge in [0.25, 0.3) is 0 Å². The van der Waals surface area contributed by atoms with Crippen molar-refractivity contribution in [2.45, 2.75) is 59.4 Å². The fraction of sp³-hybridized carbons (Fsp3) is 0.531. The van der Waals surface area contributed by atoms with Gasteiger partial charge in [-0.25, -0.2) is 9.50 Å². The van der Waals surface area contributed by atoms with Gasteiger partial charge in [-0.2, -0.15) is 0 Å². The molecule has 1 unspecified atom stereocenters. The number of carbonyl (C=O) groups excluding carboxylic acids is 2. The monoisotopic (exact) mass is 576 g/mol. The molecule has 226 valence electrons. The van der Waals surface area contributed by atoms with Crippen LogP contribution in [0.1, 0.15) is 62.6 Å². The Hall–Kier alpha value is -3.79. The Morgan fingerprint density at radius 3 is 2.26 bits per heavy atom. The van der Waals surface area contributed by atoms with Crippen LogP contribution in [0, 0.1) is 23.7 Å². The van der Waals surface area contributed by atoms with Crippen molar-refractivity contribution >= 4 is 29.5 Å². The molecule has 1 saturated carbocycles. The summed E-state index contributed by atoms with van der Waals surface area (Å²) in [6, 6.07) is 14.7. The van der Waals surface area contributed by atoms with Crippen LogP contribution in [0.15, 0.2) is 48.7 Å². The molecule has 3 aliphatic rings. The Kier molecular flexibility index (Phi) is 9.66. The van der Waals surface area contributed by atoms with Gasteiger partial charge in [0, 0.05) is 44.1 Å². The first-order chi connectivity index (χ1) is 19.9. The van der Waals surface area contributed by atoms with Crippen LogP contribution in [0.25, 0.3) is 5.65 Å². The number of amides is 1. The van der Waals surface area contributed by atoms with E-state index in [2.05, 4.69) is 33.3 Å². The van der Waals surface area contributed by atoms with E-state index in [1.165, 1.54) is 6.42 Å². The van der Waals surface area contributed by atoms with Gasteiger partial charge in [-0.05, 0) is 64.6 Å². The second kappa shape index (κ2) is 13.0. The highest BCUT2D eigenvalue weighted by Crippen LogP contribution is 2.48. The number of hydrogen-bond acceptors (Lipinski definition) is 7. The molecule has 0 radical (unpaired) electrons. The van der Waals surface area contributed by atoms with Gasteiger partial charge in [-0.3, -0.25) is 14.4 Å². The zero-order chi connectivity index (χ0) is 30.5. The molecule has 2 saturated heterocycles. The van der Waals surface area contributed by atoms with Gasteiger partial charge >= 0.3 is 5.97 Å². The molecule has 42 heavy (non-hydrogen) atoms. The summed E-state index contributed by atoms with van der Waals surface area (Å²) in [6.45, 7) is 11.3. The van der Waals surface area contributed by atoms with Crippen molar-refractivity contribution in [3.8, 4) is 0 Å². The number of carboxylic acid groups (broad SMARTS) is 1. The number of aryl methyl sites for hydroxylation is 1. The zero-order valence-electron chi connectivity index (χ0n) is 25.4. The molecular formula is C32H44N6O4. The van der Waals surface area contributed by atoms with Crippen molar-refractivity contribution in [1.29, 1.82) is 0 Å². The van der Waals surface area contributed by atoms with E-state index >= 15 is 0 Å². The number of aldehydes is 1. The second-order valence-electron chi connectivity index (χ2n) is 12.7. The quantitative estimate of drug-likeness (QED) is 0.421. The predicted molar refractivity (Wildman–Crippen MR) is 163 cm³/mol. The van der Waals surface area contributed by atoms with E-state index in [-0.39, 0.29) is 18.2 Å². The summed E-state index contributed by atoms with van der Waals surface area (Å²) in [6.07, 6.45) is 6.23. The van der Waals surface area contributed by atoms with Crippen LogP contribution in [0.2, 0.25) is 0 Å². The Labute approximate surface area is 248 Å². The molecule has 1 aliphatic carbocycles. The number of fused-ring (bicyclic) bond motifs is 1. The number of benzene rings is 1. The van der Waals surface area contributed by atoms with Gasteiger partial charge < -0.3 is 20.2 Å². The topological polar surface area (TPSA) is 120 Å². The van der Waals surface area contributed by atoms with Gasteiger partial charge in [-0.1, -0.05) is 43.3 Å². The first kappa shape index (κ1) is 31.2. The molecule has 10 heteroatoms. The molecule has 0 bridgehead atoms. The Balaban J connectivity index is 0.000000161. The van der Waals surface area contributed by atoms with Crippen LogP contribution in [0.5, 0.6) is 0 Å². The largest absolute Gasteiger partial charge is 0.481 e. The average molecular weight is 577 g/mol. The first-order valence-electron chi connectivity index (χ1n) is 14.7. The van der Waals surface area contributed by atoms with Gasteiger partial charge in [0.1, 0.15) is 0 Å². The number of nitrogens with zero attached hydrogens (tertiary/aromatic N) is 5. The number of pyridine rings is 1. The number of nitrogens with one attached hydrogen (secondary N) is 1. The van der Waals surface area contributed by atoms with Gasteiger partial charge in [0.15, 0.2) is 11.9 Å².